The van der Waals surface area contributed by atoms with Crippen molar-refractivity contribution in [2.24, 2.45) is 0 Å². The maximum Gasteiger partial charge on any atom is 0.241 e. The SMILES string of the molecule is CCN1C(=O)C(CC(=O)NCCOC)Sc2ncccc21. The lowest BCUT2D eigenvalue weighted by atomic mass is 10.2. The van der Waals surface area contributed by atoms with Gasteiger partial charge in [-0.15, -0.1) is 0 Å². The van der Waals surface area contributed by atoms with Crippen LogP contribution in [0.25, 0.3) is 0 Å². The predicted octanol–water partition coefficient (Wildman–Crippen LogP) is 1.06. The van der Waals surface area contributed by atoms with Crippen LogP contribution in [0, 0.1) is 0 Å². The van der Waals surface area contributed by atoms with Gasteiger partial charge in [0.1, 0.15) is 5.03 Å². The van der Waals surface area contributed by atoms with Gasteiger partial charge in [0.25, 0.3) is 0 Å². The smallest absolute Gasteiger partial charge is 0.241 e. The molecule has 1 N–H and O–H groups in total. The largest absolute Gasteiger partial charge is 0.383 e. The van der Waals surface area contributed by atoms with Gasteiger partial charge >= 0.3 is 0 Å². The molecule has 1 unspecified atom stereocenters. The maximum absolute atomic E-state index is 12.5. The van der Waals surface area contributed by atoms with Crippen LogP contribution in [0.2, 0.25) is 0 Å². The molecular formula is C14H19N3O3S. The highest BCUT2D eigenvalue weighted by molar-refractivity contribution is 8.00. The number of carbonyl (C=O) groups is 2. The van der Waals surface area contributed by atoms with Crippen LogP contribution in [0.5, 0.6) is 0 Å². The number of ether oxygens (including phenoxy) is 1. The second-order valence-corrected chi connectivity index (χ2v) is 5.75. The third-order valence-corrected chi connectivity index (χ3v) is 4.34. The number of rotatable bonds is 6. The number of nitrogens with one attached hydrogen (secondary N) is 1. The van der Waals surface area contributed by atoms with Crippen molar-refractivity contribution >= 4 is 29.3 Å². The molecule has 0 spiro atoms. The molecule has 1 atom stereocenters. The summed E-state index contributed by atoms with van der Waals surface area (Å²) in [7, 11) is 1.58. The fourth-order valence-corrected chi connectivity index (χ4v) is 3.30. The lowest BCUT2D eigenvalue weighted by Gasteiger charge is -2.31. The van der Waals surface area contributed by atoms with Gasteiger partial charge in [0.15, 0.2) is 0 Å². The molecule has 0 aromatic carbocycles. The van der Waals surface area contributed by atoms with Gasteiger partial charge in [-0.3, -0.25) is 9.59 Å². The summed E-state index contributed by atoms with van der Waals surface area (Å²) < 4.78 is 4.88. The summed E-state index contributed by atoms with van der Waals surface area (Å²) >= 11 is 1.36. The molecule has 21 heavy (non-hydrogen) atoms. The molecule has 2 amide bonds. The molecule has 0 radical (unpaired) electrons. The van der Waals surface area contributed by atoms with E-state index < -0.39 is 5.25 Å². The topological polar surface area (TPSA) is 71.5 Å². The average Bonchev–Trinajstić information content (AvgIpc) is 2.48. The molecule has 1 aromatic rings. The summed E-state index contributed by atoms with van der Waals surface area (Å²) in [5.41, 5.74) is 0.825. The number of pyridine rings is 1. The molecule has 0 saturated carbocycles. The molecular weight excluding hydrogens is 290 g/mol. The molecule has 2 heterocycles. The van der Waals surface area contributed by atoms with E-state index in [0.717, 1.165) is 10.7 Å². The number of anilines is 1. The lowest BCUT2D eigenvalue weighted by molar-refractivity contribution is -0.125. The van der Waals surface area contributed by atoms with Crippen molar-refractivity contribution in [1.29, 1.82) is 0 Å². The fourth-order valence-electron chi connectivity index (χ4n) is 2.14. The number of carbonyl (C=O) groups excluding carboxylic acids is 2. The van der Waals surface area contributed by atoms with Gasteiger partial charge in [-0.2, -0.15) is 0 Å². The van der Waals surface area contributed by atoms with E-state index in [1.165, 1.54) is 11.8 Å². The van der Waals surface area contributed by atoms with Crippen molar-refractivity contribution in [1.82, 2.24) is 10.3 Å². The second kappa shape index (κ2) is 7.42. The van der Waals surface area contributed by atoms with Gasteiger partial charge in [-0.1, -0.05) is 11.8 Å². The fraction of sp³-hybridized carbons (Fsp3) is 0.500. The van der Waals surface area contributed by atoms with Crippen molar-refractivity contribution in [2.45, 2.75) is 23.6 Å². The van der Waals surface area contributed by atoms with Crippen molar-refractivity contribution < 1.29 is 14.3 Å². The lowest BCUT2D eigenvalue weighted by Crippen LogP contribution is -2.43. The monoisotopic (exact) mass is 309 g/mol. The van der Waals surface area contributed by atoms with Crippen LogP contribution in [-0.2, 0) is 14.3 Å². The zero-order valence-electron chi connectivity index (χ0n) is 12.2. The van der Waals surface area contributed by atoms with Crippen LogP contribution in [0.15, 0.2) is 23.4 Å². The van der Waals surface area contributed by atoms with Crippen molar-refractivity contribution in [3.8, 4) is 0 Å². The molecule has 2 rings (SSSR count). The zero-order valence-corrected chi connectivity index (χ0v) is 13.0. The Kier molecular flexibility index (Phi) is 5.58. The minimum Gasteiger partial charge on any atom is -0.383 e. The Bertz CT molecular complexity index is 524. The summed E-state index contributed by atoms with van der Waals surface area (Å²) in [4.78, 5) is 30.3. The number of hydrogen-bond acceptors (Lipinski definition) is 5. The Balaban J connectivity index is 2.05. The molecule has 1 aliphatic heterocycles. The minimum absolute atomic E-state index is 0.0371. The van der Waals surface area contributed by atoms with E-state index in [0.29, 0.717) is 19.7 Å². The Morgan fingerprint density at radius 3 is 3.10 bits per heavy atom. The number of methoxy groups -OCH3 is 1. The van der Waals surface area contributed by atoms with Gasteiger partial charge in [0.2, 0.25) is 11.8 Å². The second-order valence-electron chi connectivity index (χ2n) is 4.56. The summed E-state index contributed by atoms with van der Waals surface area (Å²) in [6.07, 6.45) is 1.85. The van der Waals surface area contributed by atoms with E-state index in [4.69, 9.17) is 4.74 Å². The minimum atomic E-state index is -0.421. The van der Waals surface area contributed by atoms with E-state index in [9.17, 15) is 9.59 Å². The predicted molar refractivity (Wildman–Crippen MR) is 81.4 cm³/mol. The van der Waals surface area contributed by atoms with E-state index in [1.54, 1.807) is 18.2 Å². The van der Waals surface area contributed by atoms with Crippen molar-refractivity contribution in [2.75, 3.05) is 31.7 Å². The van der Waals surface area contributed by atoms with E-state index in [-0.39, 0.29) is 18.2 Å². The van der Waals surface area contributed by atoms with Crippen LogP contribution in [0.4, 0.5) is 5.69 Å². The van der Waals surface area contributed by atoms with E-state index in [2.05, 4.69) is 10.3 Å². The van der Waals surface area contributed by atoms with Gasteiger partial charge in [0, 0.05) is 32.8 Å². The molecule has 1 aromatic heterocycles. The first kappa shape index (κ1) is 15.8. The standard InChI is InChI=1S/C14H19N3O3S/c1-3-17-10-5-4-6-16-13(10)21-11(14(17)19)9-12(18)15-7-8-20-2/h4-6,11H,3,7-9H2,1-2H3,(H,15,18). The van der Waals surface area contributed by atoms with Crippen LogP contribution in [0.3, 0.4) is 0 Å². The van der Waals surface area contributed by atoms with Gasteiger partial charge in [0.05, 0.1) is 17.5 Å². The highest BCUT2D eigenvalue weighted by Gasteiger charge is 2.34. The van der Waals surface area contributed by atoms with Crippen molar-refractivity contribution in [3.05, 3.63) is 18.3 Å². The van der Waals surface area contributed by atoms with Crippen LogP contribution in [0.1, 0.15) is 13.3 Å². The van der Waals surface area contributed by atoms with Crippen LogP contribution >= 0.6 is 11.8 Å². The summed E-state index contributed by atoms with van der Waals surface area (Å²) in [6, 6.07) is 3.69. The van der Waals surface area contributed by atoms with Gasteiger partial charge in [-0.25, -0.2) is 4.98 Å². The number of amides is 2. The normalized spacial score (nSPS) is 17.5. The Morgan fingerprint density at radius 2 is 2.38 bits per heavy atom. The molecule has 1 aliphatic rings. The zero-order chi connectivity index (χ0) is 15.2. The molecule has 0 bridgehead atoms. The van der Waals surface area contributed by atoms with E-state index >= 15 is 0 Å². The Morgan fingerprint density at radius 1 is 1.57 bits per heavy atom. The Hall–Kier alpha value is -1.60. The third-order valence-electron chi connectivity index (χ3n) is 3.15. The number of fused-ring (bicyclic) bond motifs is 1. The van der Waals surface area contributed by atoms with Crippen LogP contribution < -0.4 is 10.2 Å². The summed E-state index contributed by atoms with van der Waals surface area (Å²) in [5.74, 6) is -0.182. The molecule has 7 heteroatoms. The maximum atomic E-state index is 12.5. The summed E-state index contributed by atoms with van der Waals surface area (Å²) in [5, 5.41) is 3.12. The number of nitrogens with zero attached hydrogens (tertiary/aromatic N) is 2. The number of aromatic nitrogens is 1. The first-order chi connectivity index (χ1) is 10.2. The third kappa shape index (κ3) is 3.74. The van der Waals surface area contributed by atoms with E-state index in [1.807, 2.05) is 19.1 Å². The molecule has 6 nitrogen and oxygen atoms in total. The average molecular weight is 309 g/mol. The van der Waals surface area contributed by atoms with Crippen molar-refractivity contribution in [3.63, 3.8) is 0 Å². The molecule has 0 aliphatic carbocycles. The summed E-state index contributed by atoms with van der Waals surface area (Å²) in [6.45, 7) is 3.40. The number of hydrogen-bond donors (Lipinski definition) is 1. The first-order valence-electron chi connectivity index (χ1n) is 6.86. The molecule has 0 saturated heterocycles. The first-order valence-corrected chi connectivity index (χ1v) is 7.74. The van der Waals surface area contributed by atoms with Gasteiger partial charge < -0.3 is 15.0 Å². The molecule has 0 fully saturated rings. The Labute approximate surface area is 128 Å². The highest BCUT2D eigenvalue weighted by atomic mass is 32.2. The van der Waals surface area contributed by atoms with Gasteiger partial charge in [-0.05, 0) is 19.1 Å². The number of thioether (sulfide) groups is 1. The highest BCUT2D eigenvalue weighted by Crippen LogP contribution is 2.38. The quantitative estimate of drug-likeness (QED) is 0.796. The molecule has 114 valence electrons. The van der Waals surface area contributed by atoms with Crippen LogP contribution in [-0.4, -0.2) is 48.9 Å².